The summed E-state index contributed by atoms with van der Waals surface area (Å²) in [4.78, 5) is 23.0. The van der Waals surface area contributed by atoms with Crippen LogP contribution in [-0.2, 0) is 6.18 Å². The second kappa shape index (κ2) is 10.3. The first-order chi connectivity index (χ1) is 14.5. The van der Waals surface area contributed by atoms with E-state index in [1.54, 1.807) is 0 Å². The smallest absolute Gasteiger partial charge is 0.367 e. The molecule has 0 atom stereocenters. The third-order valence-corrected chi connectivity index (χ3v) is 5.23. The van der Waals surface area contributed by atoms with E-state index in [9.17, 15) is 22.4 Å². The maximum Gasteiger partial charge on any atom is 0.419 e. The first-order valence-corrected chi connectivity index (χ1v) is 10.00. The molecule has 0 saturated heterocycles. The van der Waals surface area contributed by atoms with Crippen molar-refractivity contribution in [2.24, 2.45) is 0 Å². The molecule has 32 heavy (non-hydrogen) atoms. The number of hydrogen-bond donors (Lipinski definition) is 2. The van der Waals surface area contributed by atoms with E-state index >= 15 is 0 Å². The van der Waals surface area contributed by atoms with Gasteiger partial charge in [0.05, 0.1) is 5.56 Å². The van der Waals surface area contributed by atoms with Crippen LogP contribution in [0.2, 0.25) is 0 Å². The maximum absolute atomic E-state index is 13.7. The monoisotopic (exact) mass is 475 g/mol. The van der Waals surface area contributed by atoms with Crippen molar-refractivity contribution in [2.45, 2.75) is 50.9 Å². The minimum Gasteiger partial charge on any atom is -0.367 e. The average Bonchev–Trinajstić information content (AvgIpc) is 2.68. The molecule has 2 N–H and O–H groups in total. The van der Waals surface area contributed by atoms with Gasteiger partial charge in [-0.2, -0.15) is 13.2 Å². The van der Waals surface area contributed by atoms with Gasteiger partial charge >= 0.3 is 6.18 Å². The molecule has 2 aromatic rings. The number of halogens is 5. The molecule has 1 fully saturated rings. The van der Waals surface area contributed by atoms with Gasteiger partial charge in [-0.05, 0) is 50.8 Å². The van der Waals surface area contributed by atoms with Crippen LogP contribution < -0.4 is 15.5 Å². The second-order valence-corrected chi connectivity index (χ2v) is 7.91. The molecular weight excluding hydrogens is 450 g/mol. The Morgan fingerprint density at radius 3 is 2.25 bits per heavy atom. The number of aryl methyl sites for hydroxylation is 1. The second-order valence-electron chi connectivity index (χ2n) is 7.91. The summed E-state index contributed by atoms with van der Waals surface area (Å²) in [6.45, 7) is 1.83. The van der Waals surface area contributed by atoms with Gasteiger partial charge in [0.2, 0.25) is 0 Å². The summed E-state index contributed by atoms with van der Waals surface area (Å²) in [6.07, 6.45) is -1.84. The molecule has 0 aliphatic heterocycles. The molecule has 3 rings (SSSR count). The summed E-state index contributed by atoms with van der Waals surface area (Å²) in [5.41, 5.74) is -1.51. The van der Waals surface area contributed by atoms with Gasteiger partial charge in [0.15, 0.2) is 0 Å². The topological polar surface area (TPSA) is 70.2 Å². The number of aromatic nitrogens is 2. The van der Waals surface area contributed by atoms with E-state index in [-0.39, 0.29) is 30.1 Å². The Labute approximate surface area is 190 Å². The Morgan fingerprint density at radius 1 is 1.06 bits per heavy atom. The summed E-state index contributed by atoms with van der Waals surface area (Å²) < 4.78 is 51.7. The number of benzene rings is 1. The van der Waals surface area contributed by atoms with Crippen LogP contribution in [0, 0.1) is 12.7 Å². The zero-order valence-electron chi connectivity index (χ0n) is 18.0. The molecule has 0 spiro atoms. The number of hydrogen-bond acceptors (Lipinski definition) is 5. The number of carbonyl (C=O) groups is 1. The number of rotatable bonds is 5. The standard InChI is InChI=1S/C21H25F4N5O.ClH/c1-12-26-18(11-19(27-12)30(2)3)28-14-5-7-15(8-6-14)29-20(31)13-4-9-16(17(22)10-13)21(23,24)25;/h4,9-11,14-15H,5-8H2,1-3H3,(H,29,31)(H,26,27,28);1H/t14-,15+;. The van der Waals surface area contributed by atoms with Gasteiger partial charge in [-0.1, -0.05) is 0 Å². The highest BCUT2D eigenvalue weighted by Gasteiger charge is 2.34. The van der Waals surface area contributed by atoms with Gasteiger partial charge in [-0.25, -0.2) is 14.4 Å². The molecule has 6 nitrogen and oxygen atoms in total. The van der Waals surface area contributed by atoms with Gasteiger partial charge < -0.3 is 15.5 Å². The zero-order chi connectivity index (χ0) is 22.8. The quantitative estimate of drug-likeness (QED) is 0.619. The van der Waals surface area contributed by atoms with Crippen LogP contribution in [0.15, 0.2) is 24.3 Å². The van der Waals surface area contributed by atoms with E-state index in [4.69, 9.17) is 0 Å². The molecule has 1 amide bonds. The highest BCUT2D eigenvalue weighted by Crippen LogP contribution is 2.31. The molecule has 1 aliphatic rings. The minimum atomic E-state index is -4.79. The summed E-state index contributed by atoms with van der Waals surface area (Å²) >= 11 is 0. The van der Waals surface area contributed by atoms with E-state index in [1.165, 1.54) is 0 Å². The van der Waals surface area contributed by atoms with Crippen molar-refractivity contribution in [3.63, 3.8) is 0 Å². The minimum absolute atomic E-state index is 0. The van der Waals surface area contributed by atoms with Gasteiger partial charge in [-0.15, -0.1) is 12.4 Å². The SMILES string of the molecule is Cc1nc(N[C@H]2CC[C@@H](NC(=O)c3ccc(C(F)(F)F)c(F)c3)CC2)cc(N(C)C)n1.Cl. The lowest BCUT2D eigenvalue weighted by Gasteiger charge is -2.30. The highest BCUT2D eigenvalue weighted by molar-refractivity contribution is 5.94. The van der Waals surface area contributed by atoms with Crippen LogP contribution in [0.1, 0.15) is 47.4 Å². The van der Waals surface area contributed by atoms with Gasteiger partial charge in [0.1, 0.15) is 23.3 Å². The largest absolute Gasteiger partial charge is 0.419 e. The molecule has 176 valence electrons. The molecule has 11 heteroatoms. The lowest BCUT2D eigenvalue weighted by molar-refractivity contribution is -0.140. The predicted molar refractivity (Wildman–Crippen MR) is 117 cm³/mol. The summed E-state index contributed by atoms with van der Waals surface area (Å²) in [5.74, 6) is 0.179. The van der Waals surface area contributed by atoms with Gasteiger partial charge in [0, 0.05) is 37.8 Å². The third-order valence-electron chi connectivity index (χ3n) is 5.23. The number of amides is 1. The number of carbonyl (C=O) groups excluding carboxylic acids is 1. The molecular formula is C21H26ClF4N5O. The van der Waals surface area contributed by atoms with E-state index in [0.717, 1.165) is 30.5 Å². The number of anilines is 2. The van der Waals surface area contributed by atoms with Crippen molar-refractivity contribution in [1.29, 1.82) is 0 Å². The Morgan fingerprint density at radius 2 is 1.69 bits per heavy atom. The Hall–Kier alpha value is -2.62. The van der Waals surface area contributed by atoms with Crippen LogP contribution in [0.5, 0.6) is 0 Å². The summed E-state index contributed by atoms with van der Waals surface area (Å²) in [5, 5.41) is 6.19. The van der Waals surface area contributed by atoms with Crippen LogP contribution in [-0.4, -0.2) is 42.1 Å². The maximum atomic E-state index is 13.7. The van der Waals surface area contributed by atoms with E-state index in [1.807, 2.05) is 32.0 Å². The molecule has 1 aliphatic carbocycles. The fourth-order valence-electron chi connectivity index (χ4n) is 3.60. The van der Waals surface area contributed by atoms with Gasteiger partial charge in [0.25, 0.3) is 5.91 Å². The van der Waals surface area contributed by atoms with E-state index in [0.29, 0.717) is 30.8 Å². The lowest BCUT2D eigenvalue weighted by Crippen LogP contribution is -2.40. The molecule has 0 unspecified atom stereocenters. The number of nitrogens with zero attached hydrogens (tertiary/aromatic N) is 3. The first-order valence-electron chi connectivity index (χ1n) is 10.00. The van der Waals surface area contributed by atoms with Crippen molar-refractivity contribution >= 4 is 29.9 Å². The van der Waals surface area contributed by atoms with Crippen molar-refractivity contribution in [3.05, 3.63) is 47.0 Å². The molecule has 1 aromatic carbocycles. The Bertz CT molecular complexity index is 946. The van der Waals surface area contributed by atoms with Crippen molar-refractivity contribution in [3.8, 4) is 0 Å². The normalized spacial score (nSPS) is 18.5. The van der Waals surface area contributed by atoms with Crippen molar-refractivity contribution < 1.29 is 22.4 Å². The molecule has 0 radical (unpaired) electrons. The summed E-state index contributed by atoms with van der Waals surface area (Å²) in [7, 11) is 3.81. The van der Waals surface area contributed by atoms with Gasteiger partial charge in [-0.3, -0.25) is 4.79 Å². The van der Waals surface area contributed by atoms with E-state index in [2.05, 4.69) is 20.6 Å². The fraction of sp³-hybridized carbons (Fsp3) is 0.476. The zero-order valence-corrected chi connectivity index (χ0v) is 18.8. The molecule has 1 heterocycles. The number of alkyl halides is 3. The van der Waals surface area contributed by atoms with Crippen LogP contribution in [0.25, 0.3) is 0 Å². The Kier molecular flexibility index (Phi) is 8.28. The molecule has 0 bridgehead atoms. The van der Waals surface area contributed by atoms with Crippen LogP contribution in [0.3, 0.4) is 0 Å². The predicted octanol–water partition coefficient (Wildman–Crippen LogP) is 4.58. The Balaban J connectivity index is 0.00000363. The fourth-order valence-corrected chi connectivity index (χ4v) is 3.60. The average molecular weight is 476 g/mol. The first kappa shape index (κ1) is 25.6. The molecule has 1 saturated carbocycles. The van der Waals surface area contributed by atoms with Crippen LogP contribution >= 0.6 is 12.4 Å². The van der Waals surface area contributed by atoms with Crippen molar-refractivity contribution in [1.82, 2.24) is 15.3 Å². The van der Waals surface area contributed by atoms with Crippen LogP contribution in [0.4, 0.5) is 29.2 Å². The lowest BCUT2D eigenvalue weighted by atomic mass is 9.91. The summed E-state index contributed by atoms with van der Waals surface area (Å²) in [6, 6.07) is 4.15. The van der Waals surface area contributed by atoms with Crippen molar-refractivity contribution in [2.75, 3.05) is 24.3 Å². The third kappa shape index (κ3) is 6.44. The molecule has 1 aromatic heterocycles. The van der Waals surface area contributed by atoms with E-state index < -0.39 is 23.5 Å². The highest BCUT2D eigenvalue weighted by atomic mass is 35.5. The number of nitrogens with one attached hydrogen (secondary N) is 2.